The number of hydrogen-bond donors (Lipinski definition) is 3. The summed E-state index contributed by atoms with van der Waals surface area (Å²) in [6.45, 7) is 9.52. The molecule has 1 aliphatic heterocycles. The number of amides is 2. The van der Waals surface area contributed by atoms with Gasteiger partial charge in [0.15, 0.2) is 0 Å². The molecule has 0 spiro atoms. The molecule has 4 N–H and O–H groups in total. The van der Waals surface area contributed by atoms with Gasteiger partial charge in [-0.3, -0.25) is 9.59 Å². The van der Waals surface area contributed by atoms with E-state index in [9.17, 15) is 9.59 Å². The Labute approximate surface area is 211 Å². The fraction of sp³-hybridized carbons (Fsp3) is 0.310. The number of H-pyrrole nitrogens is 1. The molecular formula is C29H33N5O2. The lowest BCUT2D eigenvalue weighted by Gasteiger charge is -2.32. The zero-order valence-electron chi connectivity index (χ0n) is 21.3. The number of piperazine rings is 1. The molecule has 0 radical (unpaired) electrons. The molecule has 1 aromatic heterocycles. The van der Waals surface area contributed by atoms with E-state index in [1.54, 1.807) is 6.07 Å². The monoisotopic (exact) mass is 483 g/mol. The lowest BCUT2D eigenvalue weighted by Crippen LogP contribution is -2.47. The highest BCUT2D eigenvalue weighted by Gasteiger charge is 2.22. The van der Waals surface area contributed by atoms with Gasteiger partial charge in [-0.1, -0.05) is 24.3 Å². The number of benzene rings is 3. The first-order valence-electron chi connectivity index (χ1n) is 12.5. The Kier molecular flexibility index (Phi) is 6.18. The van der Waals surface area contributed by atoms with Crippen molar-refractivity contribution in [3.63, 3.8) is 0 Å². The number of primary amides is 1. The van der Waals surface area contributed by atoms with Crippen LogP contribution in [0.2, 0.25) is 0 Å². The maximum Gasteiger partial charge on any atom is 0.254 e. The van der Waals surface area contributed by atoms with E-state index >= 15 is 0 Å². The lowest BCUT2D eigenvalue weighted by atomic mass is 9.93. The molecule has 5 rings (SSSR count). The summed E-state index contributed by atoms with van der Waals surface area (Å²) in [6.07, 6.45) is 0. The standard InChI is InChI=1S/C29H33N5O2/c1-17(2)31-24-7-5-6-20(18(24)3)21-10-11-23(28(30)35)27-26(21)22-9-8-19(16-25(22)32-27)29(36)34-14-12-33(4)13-15-34/h5-11,16-17,31-32H,12-15H2,1-4H3,(H2,30,35). The Morgan fingerprint density at radius 2 is 1.75 bits per heavy atom. The number of fused-ring (bicyclic) bond motifs is 3. The average molecular weight is 484 g/mol. The normalized spacial score (nSPS) is 14.6. The summed E-state index contributed by atoms with van der Waals surface area (Å²) in [7, 11) is 2.07. The molecular weight excluding hydrogens is 450 g/mol. The van der Waals surface area contributed by atoms with Crippen LogP contribution in [0.15, 0.2) is 48.5 Å². The van der Waals surface area contributed by atoms with E-state index in [-0.39, 0.29) is 5.91 Å². The van der Waals surface area contributed by atoms with E-state index in [4.69, 9.17) is 5.73 Å². The summed E-state index contributed by atoms with van der Waals surface area (Å²) in [6, 6.07) is 16.1. The first kappa shape index (κ1) is 23.9. The van der Waals surface area contributed by atoms with Crippen molar-refractivity contribution >= 4 is 39.3 Å². The quantitative estimate of drug-likeness (QED) is 0.387. The van der Waals surface area contributed by atoms with Gasteiger partial charge in [0.25, 0.3) is 11.8 Å². The molecule has 0 bridgehead atoms. The summed E-state index contributed by atoms with van der Waals surface area (Å²) >= 11 is 0. The number of rotatable bonds is 5. The second-order valence-corrected chi connectivity index (χ2v) is 10.0. The molecule has 0 saturated carbocycles. The topological polar surface area (TPSA) is 94.5 Å². The zero-order valence-corrected chi connectivity index (χ0v) is 21.3. The number of carbonyl (C=O) groups is 2. The minimum absolute atomic E-state index is 0.0299. The van der Waals surface area contributed by atoms with Crippen LogP contribution in [-0.4, -0.2) is 65.9 Å². The van der Waals surface area contributed by atoms with Crippen LogP contribution in [0.4, 0.5) is 5.69 Å². The Balaban J connectivity index is 1.67. The van der Waals surface area contributed by atoms with Crippen LogP contribution in [0.3, 0.4) is 0 Å². The largest absolute Gasteiger partial charge is 0.383 e. The van der Waals surface area contributed by atoms with Gasteiger partial charge in [-0.05, 0) is 68.8 Å². The molecule has 2 heterocycles. The van der Waals surface area contributed by atoms with Gasteiger partial charge in [0.2, 0.25) is 0 Å². The molecule has 186 valence electrons. The Morgan fingerprint density at radius 3 is 2.44 bits per heavy atom. The predicted octanol–water partition coefficient (Wildman–Crippen LogP) is 4.60. The molecule has 0 aliphatic carbocycles. The molecule has 1 aliphatic rings. The van der Waals surface area contributed by atoms with Crippen molar-refractivity contribution in [2.24, 2.45) is 5.73 Å². The van der Waals surface area contributed by atoms with Crippen molar-refractivity contribution in [1.82, 2.24) is 14.8 Å². The Hall–Kier alpha value is -3.84. The van der Waals surface area contributed by atoms with E-state index in [1.165, 1.54) is 0 Å². The summed E-state index contributed by atoms with van der Waals surface area (Å²) in [5.74, 6) is -0.457. The molecule has 1 saturated heterocycles. The van der Waals surface area contributed by atoms with Gasteiger partial charge < -0.3 is 25.8 Å². The minimum Gasteiger partial charge on any atom is -0.383 e. The molecule has 3 aromatic carbocycles. The van der Waals surface area contributed by atoms with Gasteiger partial charge >= 0.3 is 0 Å². The second kappa shape index (κ2) is 9.32. The van der Waals surface area contributed by atoms with Crippen LogP contribution in [-0.2, 0) is 0 Å². The number of hydrogen-bond acceptors (Lipinski definition) is 4. The molecule has 7 heteroatoms. The Bertz CT molecular complexity index is 1480. The number of nitrogens with one attached hydrogen (secondary N) is 2. The number of likely N-dealkylation sites (N-methyl/N-ethyl adjacent to an activating group) is 1. The van der Waals surface area contributed by atoms with Crippen LogP contribution >= 0.6 is 0 Å². The van der Waals surface area contributed by atoms with Crippen LogP contribution in [0.1, 0.15) is 40.1 Å². The van der Waals surface area contributed by atoms with Gasteiger partial charge in [-0.25, -0.2) is 0 Å². The third kappa shape index (κ3) is 4.20. The van der Waals surface area contributed by atoms with Gasteiger partial charge in [-0.2, -0.15) is 0 Å². The smallest absolute Gasteiger partial charge is 0.254 e. The molecule has 0 atom stereocenters. The van der Waals surface area contributed by atoms with Crippen LogP contribution < -0.4 is 11.1 Å². The maximum absolute atomic E-state index is 13.2. The van der Waals surface area contributed by atoms with Crippen molar-refractivity contribution in [3.8, 4) is 11.1 Å². The number of aromatic amines is 1. The average Bonchev–Trinajstić information content (AvgIpc) is 3.23. The number of anilines is 1. The SMILES string of the molecule is Cc1c(NC(C)C)cccc1-c1ccc(C(N)=O)c2[nH]c3cc(C(=O)N4CCN(C)CC4)ccc3c12. The minimum atomic E-state index is -0.487. The molecule has 2 amide bonds. The summed E-state index contributed by atoms with van der Waals surface area (Å²) in [5, 5.41) is 5.41. The highest BCUT2D eigenvalue weighted by Crippen LogP contribution is 2.39. The first-order chi connectivity index (χ1) is 17.2. The second-order valence-electron chi connectivity index (χ2n) is 10.0. The summed E-state index contributed by atoms with van der Waals surface area (Å²) < 4.78 is 0. The zero-order chi connectivity index (χ0) is 25.6. The fourth-order valence-electron chi connectivity index (χ4n) is 5.16. The van der Waals surface area contributed by atoms with Crippen molar-refractivity contribution in [3.05, 3.63) is 65.2 Å². The summed E-state index contributed by atoms with van der Waals surface area (Å²) in [4.78, 5) is 33.1. The molecule has 0 unspecified atom stereocenters. The van der Waals surface area contributed by atoms with Crippen LogP contribution in [0.25, 0.3) is 32.9 Å². The van der Waals surface area contributed by atoms with Gasteiger partial charge in [-0.15, -0.1) is 0 Å². The third-order valence-electron chi connectivity index (χ3n) is 7.12. The van der Waals surface area contributed by atoms with Crippen LogP contribution in [0.5, 0.6) is 0 Å². The molecule has 4 aromatic rings. The van der Waals surface area contributed by atoms with E-state index < -0.39 is 5.91 Å². The van der Waals surface area contributed by atoms with Gasteiger partial charge in [0.1, 0.15) is 0 Å². The third-order valence-corrected chi connectivity index (χ3v) is 7.12. The van der Waals surface area contributed by atoms with Gasteiger partial charge in [0, 0.05) is 59.8 Å². The van der Waals surface area contributed by atoms with E-state index in [1.807, 2.05) is 35.2 Å². The molecule has 1 fully saturated rings. The fourth-order valence-corrected chi connectivity index (χ4v) is 5.16. The van der Waals surface area contributed by atoms with E-state index in [0.717, 1.165) is 64.8 Å². The highest BCUT2D eigenvalue weighted by molar-refractivity contribution is 6.20. The van der Waals surface area contributed by atoms with E-state index in [0.29, 0.717) is 22.7 Å². The van der Waals surface area contributed by atoms with Gasteiger partial charge in [0.05, 0.1) is 11.1 Å². The maximum atomic E-state index is 13.2. The molecule has 7 nitrogen and oxygen atoms in total. The van der Waals surface area contributed by atoms with Crippen molar-refractivity contribution in [2.75, 3.05) is 38.5 Å². The van der Waals surface area contributed by atoms with Crippen molar-refractivity contribution in [1.29, 1.82) is 0 Å². The number of nitrogens with two attached hydrogens (primary N) is 1. The lowest BCUT2D eigenvalue weighted by molar-refractivity contribution is 0.0664. The Morgan fingerprint density at radius 1 is 1.00 bits per heavy atom. The predicted molar refractivity (Wildman–Crippen MR) is 147 cm³/mol. The number of nitrogens with zero attached hydrogens (tertiary/aromatic N) is 2. The van der Waals surface area contributed by atoms with E-state index in [2.05, 4.69) is 55.2 Å². The summed E-state index contributed by atoms with van der Waals surface area (Å²) in [5.41, 5.74) is 12.7. The highest BCUT2D eigenvalue weighted by atomic mass is 16.2. The molecule has 36 heavy (non-hydrogen) atoms. The van der Waals surface area contributed by atoms with Crippen molar-refractivity contribution < 1.29 is 9.59 Å². The van der Waals surface area contributed by atoms with Crippen molar-refractivity contribution in [2.45, 2.75) is 26.8 Å². The number of aromatic nitrogens is 1. The van der Waals surface area contributed by atoms with Crippen LogP contribution in [0, 0.1) is 6.92 Å². The number of carbonyl (C=O) groups excluding carboxylic acids is 2. The first-order valence-corrected chi connectivity index (χ1v) is 12.5.